The quantitative estimate of drug-likeness (QED) is 0.270. The van der Waals surface area contributed by atoms with E-state index in [2.05, 4.69) is 106 Å². The van der Waals surface area contributed by atoms with Gasteiger partial charge in [-0.1, -0.05) is 65.8 Å². The first kappa shape index (κ1) is 18.7. The molecule has 2 aromatic heterocycles. The molecule has 2 heteroatoms. The van der Waals surface area contributed by atoms with Crippen LogP contribution in [-0.4, -0.2) is 4.40 Å². The molecule has 0 fully saturated rings. The van der Waals surface area contributed by atoms with Gasteiger partial charge in [-0.3, -0.25) is 0 Å². The number of rotatable bonds is 2. The summed E-state index contributed by atoms with van der Waals surface area (Å²) in [6.45, 7) is 16.5. The summed E-state index contributed by atoms with van der Waals surface area (Å²) in [5.41, 5.74) is 5.84. The van der Waals surface area contributed by atoms with Crippen molar-refractivity contribution in [3.8, 4) is 0 Å². The van der Waals surface area contributed by atoms with Gasteiger partial charge in [0.25, 0.3) is 5.65 Å². The second-order valence-electron chi connectivity index (χ2n) is 10.4. The first-order valence-electron chi connectivity index (χ1n) is 11.1. The van der Waals surface area contributed by atoms with Crippen LogP contribution in [0.1, 0.15) is 72.4 Å². The zero-order valence-corrected chi connectivity index (χ0v) is 18.9. The van der Waals surface area contributed by atoms with Gasteiger partial charge in [0.05, 0.1) is 5.39 Å². The number of pyridine rings is 1. The lowest BCUT2D eigenvalue weighted by atomic mass is 9.62. The van der Waals surface area contributed by atoms with Gasteiger partial charge in [0.15, 0.2) is 0 Å². The Morgan fingerprint density at radius 3 is 2.38 bits per heavy atom. The first-order chi connectivity index (χ1) is 13.7. The fraction of sp³-hybridized carbons (Fsp3) is 0.444. The van der Waals surface area contributed by atoms with Crippen LogP contribution in [0.2, 0.25) is 0 Å². The molecule has 0 saturated heterocycles. The van der Waals surface area contributed by atoms with Crippen LogP contribution in [0, 0.1) is 0 Å². The van der Waals surface area contributed by atoms with Gasteiger partial charge in [0.1, 0.15) is 23.4 Å². The standard InChI is InChI=1S/C27H33N2/c1-8-26(6)21-12-10-11-19-20-17-18(25(3,4)5)13-14-22(20)28-15-16-29(24(28)23(19)21)27(26,7)9-2/h10-17H,8-9H2,1-7H3/q+1. The third kappa shape index (κ3) is 2.10. The zero-order valence-electron chi connectivity index (χ0n) is 18.9. The van der Waals surface area contributed by atoms with Crippen molar-refractivity contribution in [2.75, 3.05) is 0 Å². The van der Waals surface area contributed by atoms with Crippen molar-refractivity contribution in [2.45, 2.75) is 77.7 Å². The number of fused-ring (bicyclic) bond motifs is 3. The Labute approximate surface area is 174 Å². The van der Waals surface area contributed by atoms with Crippen molar-refractivity contribution in [1.29, 1.82) is 0 Å². The molecule has 3 heterocycles. The van der Waals surface area contributed by atoms with Crippen molar-refractivity contribution in [2.24, 2.45) is 0 Å². The van der Waals surface area contributed by atoms with Crippen LogP contribution < -0.4 is 4.57 Å². The van der Waals surface area contributed by atoms with Crippen LogP contribution in [0.15, 0.2) is 48.8 Å². The molecule has 0 bridgehead atoms. The van der Waals surface area contributed by atoms with Crippen LogP contribution in [-0.2, 0) is 16.4 Å². The highest BCUT2D eigenvalue weighted by molar-refractivity contribution is 6.13. The second kappa shape index (κ2) is 5.62. The van der Waals surface area contributed by atoms with Crippen LogP contribution in [0.5, 0.6) is 0 Å². The highest BCUT2D eigenvalue weighted by atomic mass is 15.2. The predicted molar refractivity (Wildman–Crippen MR) is 123 cm³/mol. The number of benzene rings is 2. The molecule has 2 nitrogen and oxygen atoms in total. The Morgan fingerprint density at radius 1 is 0.966 bits per heavy atom. The maximum Gasteiger partial charge on any atom is 0.295 e. The van der Waals surface area contributed by atoms with Gasteiger partial charge >= 0.3 is 0 Å². The summed E-state index contributed by atoms with van der Waals surface area (Å²) in [6, 6.07) is 14.0. The SMILES string of the molecule is CCC1(C)c2cccc3c4cc(C(C)(C)C)ccc4n4cc[n+](c4c23)C1(C)CC. The van der Waals surface area contributed by atoms with E-state index in [1.54, 1.807) is 0 Å². The fourth-order valence-corrected chi connectivity index (χ4v) is 5.82. The van der Waals surface area contributed by atoms with E-state index >= 15 is 0 Å². The van der Waals surface area contributed by atoms with E-state index in [0.717, 1.165) is 12.8 Å². The second-order valence-corrected chi connectivity index (χ2v) is 10.4. The van der Waals surface area contributed by atoms with E-state index in [1.807, 2.05) is 0 Å². The van der Waals surface area contributed by atoms with Crippen LogP contribution >= 0.6 is 0 Å². The van der Waals surface area contributed by atoms with Crippen molar-refractivity contribution >= 4 is 27.3 Å². The molecule has 0 aliphatic carbocycles. The summed E-state index contributed by atoms with van der Waals surface area (Å²) in [5.74, 6) is 0. The van der Waals surface area contributed by atoms with E-state index in [-0.39, 0.29) is 16.4 Å². The Balaban J connectivity index is 2.06. The predicted octanol–water partition coefficient (Wildman–Crippen LogP) is 6.64. The minimum absolute atomic E-state index is 0.0524. The van der Waals surface area contributed by atoms with E-state index in [1.165, 1.54) is 38.4 Å². The lowest BCUT2D eigenvalue weighted by Gasteiger charge is -2.46. The largest absolute Gasteiger partial charge is 0.295 e. The first-order valence-corrected chi connectivity index (χ1v) is 11.1. The summed E-state index contributed by atoms with van der Waals surface area (Å²) in [6.07, 6.45) is 6.83. The Morgan fingerprint density at radius 2 is 1.72 bits per heavy atom. The third-order valence-corrected chi connectivity index (χ3v) is 8.23. The lowest BCUT2D eigenvalue weighted by molar-refractivity contribution is -0.750. The van der Waals surface area contributed by atoms with Crippen molar-refractivity contribution < 1.29 is 4.57 Å². The lowest BCUT2D eigenvalue weighted by Crippen LogP contribution is -2.65. The topological polar surface area (TPSA) is 8.29 Å². The van der Waals surface area contributed by atoms with Gasteiger partial charge < -0.3 is 0 Å². The summed E-state index contributed by atoms with van der Waals surface area (Å²) >= 11 is 0. The maximum atomic E-state index is 2.57. The van der Waals surface area contributed by atoms with E-state index in [0.29, 0.717) is 0 Å². The molecular weight excluding hydrogens is 352 g/mol. The van der Waals surface area contributed by atoms with E-state index in [9.17, 15) is 0 Å². The monoisotopic (exact) mass is 385 g/mol. The molecule has 150 valence electrons. The Kier molecular flexibility index (Phi) is 3.62. The molecule has 2 aromatic carbocycles. The highest BCUT2D eigenvalue weighted by Crippen LogP contribution is 2.49. The molecule has 0 amide bonds. The van der Waals surface area contributed by atoms with Crippen LogP contribution in [0.3, 0.4) is 0 Å². The molecule has 0 spiro atoms. The minimum Gasteiger partial charge on any atom is -0.224 e. The van der Waals surface area contributed by atoms with Gasteiger partial charge in [0.2, 0.25) is 0 Å². The normalized spacial score (nSPS) is 24.2. The third-order valence-electron chi connectivity index (χ3n) is 8.23. The molecule has 1 aliphatic heterocycles. The van der Waals surface area contributed by atoms with Gasteiger partial charge in [0, 0.05) is 16.2 Å². The van der Waals surface area contributed by atoms with Gasteiger partial charge in [-0.2, -0.15) is 4.40 Å². The molecule has 29 heavy (non-hydrogen) atoms. The van der Waals surface area contributed by atoms with E-state index in [4.69, 9.17) is 0 Å². The van der Waals surface area contributed by atoms with Gasteiger partial charge in [-0.15, -0.1) is 0 Å². The zero-order chi connectivity index (χ0) is 20.8. The summed E-state index contributed by atoms with van der Waals surface area (Å²) in [5, 5.41) is 4.19. The summed E-state index contributed by atoms with van der Waals surface area (Å²) in [7, 11) is 0. The fourth-order valence-electron chi connectivity index (χ4n) is 5.82. The maximum absolute atomic E-state index is 2.57. The smallest absolute Gasteiger partial charge is 0.224 e. The molecule has 1 aliphatic rings. The number of hydrogen-bond acceptors (Lipinski definition) is 0. The number of aromatic nitrogens is 2. The molecule has 5 rings (SSSR count). The Hall–Kier alpha value is -2.35. The highest BCUT2D eigenvalue weighted by Gasteiger charge is 2.53. The molecule has 0 N–H and O–H groups in total. The molecule has 2 atom stereocenters. The molecule has 0 saturated carbocycles. The van der Waals surface area contributed by atoms with E-state index < -0.39 is 0 Å². The van der Waals surface area contributed by atoms with Gasteiger partial charge in [-0.25, -0.2) is 4.57 Å². The van der Waals surface area contributed by atoms with Crippen molar-refractivity contribution in [1.82, 2.24) is 4.40 Å². The molecule has 0 radical (unpaired) electrons. The number of imidazole rings is 1. The van der Waals surface area contributed by atoms with Crippen molar-refractivity contribution in [3.05, 3.63) is 59.9 Å². The summed E-state index contributed by atoms with van der Waals surface area (Å²) < 4.78 is 5.00. The molecular formula is C27H33N2+. The molecule has 4 aromatic rings. The van der Waals surface area contributed by atoms with Gasteiger partial charge in [-0.05, 0) is 48.4 Å². The number of nitrogens with zero attached hydrogens (tertiary/aromatic N) is 2. The van der Waals surface area contributed by atoms with Crippen LogP contribution in [0.4, 0.5) is 0 Å². The average molecular weight is 386 g/mol. The summed E-state index contributed by atoms with van der Waals surface area (Å²) in [4.78, 5) is 0. The average Bonchev–Trinajstić information content (AvgIpc) is 3.16. The molecule has 2 unspecified atom stereocenters. The van der Waals surface area contributed by atoms with Crippen LogP contribution in [0.25, 0.3) is 27.3 Å². The number of hydrogen-bond donors (Lipinski definition) is 0. The Bertz CT molecular complexity index is 1290. The van der Waals surface area contributed by atoms with Crippen molar-refractivity contribution in [3.63, 3.8) is 0 Å². The minimum atomic E-state index is 0.0524.